The van der Waals surface area contributed by atoms with Crippen molar-refractivity contribution in [1.82, 2.24) is 5.32 Å². The molecule has 1 aromatic rings. The number of carbonyl (C=O) groups is 1. The Morgan fingerprint density at radius 1 is 1.58 bits per heavy atom. The average molecular weight is 348 g/mol. The van der Waals surface area contributed by atoms with E-state index in [0.29, 0.717) is 24.2 Å². The Balaban J connectivity index is 2.93. The van der Waals surface area contributed by atoms with Crippen molar-refractivity contribution in [3.63, 3.8) is 0 Å². The highest BCUT2D eigenvalue weighted by atomic mass is 79.9. The lowest BCUT2D eigenvalue weighted by atomic mass is 10.2. The van der Waals surface area contributed by atoms with Gasteiger partial charge in [0, 0.05) is 32.6 Å². The molecule has 0 saturated carbocycles. The number of thiocarbonyl (C=S) groups is 1. The van der Waals surface area contributed by atoms with E-state index in [0.717, 1.165) is 0 Å². The van der Waals surface area contributed by atoms with E-state index in [1.807, 2.05) is 0 Å². The lowest BCUT2D eigenvalue weighted by Gasteiger charge is -2.20. The molecule has 1 rings (SSSR count). The van der Waals surface area contributed by atoms with Crippen molar-refractivity contribution >= 4 is 44.7 Å². The number of nitrogens with one attached hydrogen (secondary N) is 1. The molecule has 0 aliphatic rings. The lowest BCUT2D eigenvalue weighted by Crippen LogP contribution is -2.27. The minimum absolute atomic E-state index is 0.0916. The van der Waals surface area contributed by atoms with Gasteiger partial charge in [0.1, 0.15) is 4.99 Å². The fourth-order valence-electron chi connectivity index (χ4n) is 1.54. The minimum Gasteiger partial charge on any atom is -0.389 e. The third-order valence-corrected chi connectivity index (χ3v) is 3.69. The summed E-state index contributed by atoms with van der Waals surface area (Å²) in [7, 11) is 3.28. The predicted octanol–water partition coefficient (Wildman–Crippen LogP) is 1.79. The van der Waals surface area contributed by atoms with Crippen LogP contribution in [0, 0.1) is 5.82 Å². The standard InChI is InChI=1S/C12H15BrFN3OS/c1-16-9(18)5-6-17(2)8-4-3-7(12(15)19)10(13)11(8)14/h3-4H,5-6H2,1-2H3,(H2,15,19)(H,16,18). The monoisotopic (exact) mass is 347 g/mol. The van der Waals surface area contributed by atoms with Crippen molar-refractivity contribution in [1.29, 1.82) is 0 Å². The molecule has 3 N–H and O–H groups in total. The molecular formula is C12H15BrFN3OS. The van der Waals surface area contributed by atoms with Gasteiger partial charge >= 0.3 is 0 Å². The molecule has 19 heavy (non-hydrogen) atoms. The molecule has 104 valence electrons. The summed E-state index contributed by atoms with van der Waals surface area (Å²) in [5, 5.41) is 2.52. The Morgan fingerprint density at radius 3 is 2.74 bits per heavy atom. The second-order valence-electron chi connectivity index (χ2n) is 3.97. The van der Waals surface area contributed by atoms with Gasteiger partial charge in [0.25, 0.3) is 0 Å². The number of hydrogen-bond donors (Lipinski definition) is 2. The zero-order valence-corrected chi connectivity index (χ0v) is 13.1. The number of halogens is 2. The number of nitrogens with zero attached hydrogens (tertiary/aromatic N) is 1. The molecule has 0 spiro atoms. The third kappa shape index (κ3) is 3.87. The van der Waals surface area contributed by atoms with E-state index in [1.165, 1.54) is 0 Å². The van der Waals surface area contributed by atoms with Gasteiger partial charge in [-0.25, -0.2) is 4.39 Å². The maximum Gasteiger partial charge on any atom is 0.221 e. The smallest absolute Gasteiger partial charge is 0.221 e. The van der Waals surface area contributed by atoms with Crippen LogP contribution >= 0.6 is 28.1 Å². The van der Waals surface area contributed by atoms with E-state index in [2.05, 4.69) is 21.2 Å². The summed E-state index contributed by atoms with van der Waals surface area (Å²) >= 11 is 7.98. The molecule has 1 aromatic carbocycles. The highest BCUT2D eigenvalue weighted by Gasteiger charge is 2.15. The Hall–Kier alpha value is -1.21. The van der Waals surface area contributed by atoms with Crippen LogP contribution in [0.15, 0.2) is 16.6 Å². The maximum absolute atomic E-state index is 14.2. The third-order valence-electron chi connectivity index (χ3n) is 2.69. The molecule has 0 bridgehead atoms. The second kappa shape index (κ2) is 6.81. The molecule has 0 fully saturated rings. The first-order valence-corrected chi connectivity index (χ1v) is 6.78. The van der Waals surface area contributed by atoms with Crippen LogP contribution in [0.25, 0.3) is 0 Å². The van der Waals surface area contributed by atoms with Gasteiger partial charge in [-0.3, -0.25) is 4.79 Å². The van der Waals surface area contributed by atoms with E-state index in [9.17, 15) is 9.18 Å². The minimum atomic E-state index is -0.440. The second-order valence-corrected chi connectivity index (χ2v) is 5.20. The topological polar surface area (TPSA) is 58.4 Å². The van der Waals surface area contributed by atoms with Crippen LogP contribution in [0.4, 0.5) is 10.1 Å². The summed E-state index contributed by atoms with van der Waals surface area (Å²) in [5.41, 5.74) is 6.33. The van der Waals surface area contributed by atoms with Gasteiger partial charge in [0.15, 0.2) is 5.82 Å². The first-order valence-electron chi connectivity index (χ1n) is 5.58. The number of carbonyl (C=O) groups excluding carboxylic acids is 1. The van der Waals surface area contributed by atoms with Crippen LogP contribution in [0.3, 0.4) is 0 Å². The Labute approximate surface area is 125 Å². The SMILES string of the molecule is CNC(=O)CCN(C)c1ccc(C(N)=S)c(Br)c1F. The fourth-order valence-corrected chi connectivity index (χ4v) is 2.39. The number of amides is 1. The zero-order chi connectivity index (χ0) is 14.6. The molecule has 0 atom stereocenters. The highest BCUT2D eigenvalue weighted by Crippen LogP contribution is 2.29. The summed E-state index contributed by atoms with van der Waals surface area (Å²) < 4.78 is 14.4. The quantitative estimate of drug-likeness (QED) is 0.797. The van der Waals surface area contributed by atoms with Crippen LogP contribution in [-0.4, -0.2) is 31.5 Å². The van der Waals surface area contributed by atoms with Gasteiger partial charge in [0.2, 0.25) is 5.91 Å². The Morgan fingerprint density at radius 2 is 2.21 bits per heavy atom. The number of rotatable bonds is 5. The first-order chi connectivity index (χ1) is 8.88. The van der Waals surface area contributed by atoms with Gasteiger partial charge in [-0.2, -0.15) is 0 Å². The summed E-state index contributed by atoms with van der Waals surface area (Å²) in [5.74, 6) is -0.532. The largest absolute Gasteiger partial charge is 0.389 e. The van der Waals surface area contributed by atoms with Crippen LogP contribution in [-0.2, 0) is 4.79 Å². The molecule has 0 aliphatic heterocycles. The van der Waals surface area contributed by atoms with E-state index in [-0.39, 0.29) is 15.4 Å². The molecule has 0 unspecified atom stereocenters. The van der Waals surface area contributed by atoms with Crippen molar-refractivity contribution in [2.75, 3.05) is 25.5 Å². The van der Waals surface area contributed by atoms with Gasteiger partial charge in [0.05, 0.1) is 10.2 Å². The van der Waals surface area contributed by atoms with Crippen molar-refractivity contribution < 1.29 is 9.18 Å². The number of anilines is 1. The van der Waals surface area contributed by atoms with Crippen LogP contribution in [0.5, 0.6) is 0 Å². The average Bonchev–Trinajstić information content (AvgIpc) is 2.38. The van der Waals surface area contributed by atoms with Crippen molar-refractivity contribution in [3.05, 3.63) is 28.0 Å². The normalized spacial score (nSPS) is 10.1. The van der Waals surface area contributed by atoms with Crippen molar-refractivity contribution in [3.8, 4) is 0 Å². The number of benzene rings is 1. The number of hydrogen-bond acceptors (Lipinski definition) is 3. The van der Waals surface area contributed by atoms with Gasteiger partial charge in [-0.05, 0) is 28.1 Å². The molecule has 4 nitrogen and oxygen atoms in total. The molecule has 0 aliphatic carbocycles. The number of nitrogens with two attached hydrogens (primary N) is 1. The molecule has 0 saturated heterocycles. The van der Waals surface area contributed by atoms with E-state index < -0.39 is 5.82 Å². The van der Waals surface area contributed by atoms with Gasteiger partial charge < -0.3 is 16.0 Å². The van der Waals surface area contributed by atoms with Crippen molar-refractivity contribution in [2.45, 2.75) is 6.42 Å². The molecule has 0 heterocycles. The maximum atomic E-state index is 14.2. The van der Waals surface area contributed by atoms with Crippen LogP contribution < -0.4 is 16.0 Å². The summed E-state index contributed by atoms with van der Waals surface area (Å²) in [6, 6.07) is 3.25. The van der Waals surface area contributed by atoms with Crippen molar-refractivity contribution in [2.24, 2.45) is 5.73 Å². The predicted molar refractivity (Wildman–Crippen MR) is 81.9 cm³/mol. The van der Waals surface area contributed by atoms with Crippen LogP contribution in [0.1, 0.15) is 12.0 Å². The first kappa shape index (κ1) is 15.8. The molecule has 1 amide bonds. The lowest BCUT2D eigenvalue weighted by molar-refractivity contribution is -0.120. The summed E-state index contributed by atoms with van der Waals surface area (Å²) in [6.07, 6.45) is 0.293. The van der Waals surface area contributed by atoms with Crippen LogP contribution in [0.2, 0.25) is 0 Å². The Bertz CT molecular complexity index is 510. The molecule has 0 aromatic heterocycles. The van der Waals surface area contributed by atoms with Gasteiger partial charge in [-0.1, -0.05) is 12.2 Å². The van der Waals surface area contributed by atoms with E-state index in [1.54, 1.807) is 31.1 Å². The fraction of sp³-hybridized carbons (Fsp3) is 0.333. The molecule has 7 heteroatoms. The summed E-state index contributed by atoms with van der Waals surface area (Å²) in [4.78, 5) is 13.0. The Kier molecular flexibility index (Phi) is 5.68. The van der Waals surface area contributed by atoms with Gasteiger partial charge in [-0.15, -0.1) is 0 Å². The zero-order valence-electron chi connectivity index (χ0n) is 10.7. The highest BCUT2D eigenvalue weighted by molar-refractivity contribution is 9.10. The summed E-state index contributed by atoms with van der Waals surface area (Å²) in [6.45, 7) is 0.412. The van der Waals surface area contributed by atoms with E-state index >= 15 is 0 Å². The van der Waals surface area contributed by atoms with E-state index in [4.69, 9.17) is 18.0 Å². The molecular weight excluding hydrogens is 333 g/mol. The molecule has 0 radical (unpaired) electrons.